The number of hydrogen-bond donors (Lipinski definition) is 1. The second kappa shape index (κ2) is 4.61. The molecule has 1 aromatic heterocycles. The molecule has 1 fully saturated rings. The molecule has 16 heavy (non-hydrogen) atoms. The number of aryl methyl sites for hydroxylation is 1. The van der Waals surface area contributed by atoms with Crippen molar-refractivity contribution in [1.29, 1.82) is 0 Å². The van der Waals surface area contributed by atoms with Crippen molar-refractivity contribution < 1.29 is 9.90 Å². The molecule has 0 aliphatic heterocycles. The lowest BCUT2D eigenvalue weighted by Gasteiger charge is -2.21. The van der Waals surface area contributed by atoms with Gasteiger partial charge in [0.25, 0.3) is 5.91 Å². The zero-order valence-corrected chi connectivity index (χ0v) is 9.39. The molecule has 0 saturated heterocycles. The van der Waals surface area contributed by atoms with E-state index in [-0.39, 0.29) is 12.5 Å². The Morgan fingerprint density at radius 2 is 2.31 bits per heavy atom. The van der Waals surface area contributed by atoms with E-state index >= 15 is 0 Å². The second-order valence-electron chi connectivity index (χ2n) is 4.14. The number of carbonyl (C=O) groups is 1. The Labute approximate surface area is 94.9 Å². The molecule has 86 valence electrons. The predicted octanol–water partition coefficient (Wildman–Crippen LogP) is 0.987. The minimum atomic E-state index is -0.0240. The lowest BCUT2D eigenvalue weighted by molar-refractivity contribution is 0.0707. The molecule has 0 spiro atoms. The number of aliphatic hydroxyl groups excluding tert-OH is 1. The molecule has 0 unspecified atom stereocenters. The second-order valence-corrected chi connectivity index (χ2v) is 4.14. The van der Waals surface area contributed by atoms with E-state index < -0.39 is 0 Å². The lowest BCUT2D eigenvalue weighted by atomic mass is 10.2. The quantitative estimate of drug-likeness (QED) is 0.823. The first-order chi connectivity index (χ1) is 7.72. The summed E-state index contributed by atoms with van der Waals surface area (Å²) in [5, 5.41) is 8.94. The van der Waals surface area contributed by atoms with Gasteiger partial charge >= 0.3 is 0 Å². The molecule has 1 aliphatic carbocycles. The normalized spacial score (nSPS) is 14.9. The van der Waals surface area contributed by atoms with Crippen molar-refractivity contribution in [3.05, 3.63) is 29.6 Å². The van der Waals surface area contributed by atoms with E-state index in [9.17, 15) is 4.79 Å². The third kappa shape index (κ3) is 2.39. The number of hydrogen-bond acceptors (Lipinski definition) is 3. The van der Waals surface area contributed by atoms with Gasteiger partial charge < -0.3 is 10.0 Å². The van der Waals surface area contributed by atoms with Crippen molar-refractivity contribution in [2.24, 2.45) is 0 Å². The summed E-state index contributed by atoms with van der Waals surface area (Å²) in [4.78, 5) is 18.0. The van der Waals surface area contributed by atoms with E-state index in [0.29, 0.717) is 18.2 Å². The summed E-state index contributed by atoms with van der Waals surface area (Å²) < 4.78 is 0. The van der Waals surface area contributed by atoms with Crippen LogP contribution in [0.3, 0.4) is 0 Å². The first kappa shape index (κ1) is 11.1. The molecule has 1 aliphatic rings. The SMILES string of the molecule is Cc1ccc(C(=O)N(CCO)C2CC2)cn1. The Bertz CT molecular complexity index is 371. The highest BCUT2D eigenvalue weighted by atomic mass is 16.3. The first-order valence-electron chi connectivity index (χ1n) is 5.57. The third-order valence-corrected chi connectivity index (χ3v) is 2.75. The Kier molecular flexibility index (Phi) is 3.19. The monoisotopic (exact) mass is 220 g/mol. The molecule has 2 rings (SSSR count). The van der Waals surface area contributed by atoms with Crippen molar-refractivity contribution in [3.8, 4) is 0 Å². The zero-order valence-electron chi connectivity index (χ0n) is 9.39. The number of aliphatic hydroxyl groups is 1. The van der Waals surface area contributed by atoms with E-state index in [4.69, 9.17) is 5.11 Å². The van der Waals surface area contributed by atoms with Crippen LogP contribution < -0.4 is 0 Å². The van der Waals surface area contributed by atoms with Crippen LogP contribution in [0.4, 0.5) is 0 Å². The standard InChI is InChI=1S/C12H16N2O2/c1-9-2-3-10(8-13-9)12(16)14(6-7-15)11-4-5-11/h2-3,8,11,15H,4-7H2,1H3. The molecule has 1 amide bonds. The summed E-state index contributed by atoms with van der Waals surface area (Å²) in [7, 11) is 0. The maximum Gasteiger partial charge on any atom is 0.255 e. The average Bonchev–Trinajstić information content (AvgIpc) is 3.10. The molecule has 4 heteroatoms. The van der Waals surface area contributed by atoms with Crippen LogP contribution in [0.15, 0.2) is 18.3 Å². The Morgan fingerprint density at radius 3 is 2.81 bits per heavy atom. The zero-order chi connectivity index (χ0) is 11.5. The number of nitrogens with zero attached hydrogens (tertiary/aromatic N) is 2. The first-order valence-corrected chi connectivity index (χ1v) is 5.57. The minimum absolute atomic E-state index is 0.0154. The average molecular weight is 220 g/mol. The molecule has 0 atom stereocenters. The molecule has 1 aromatic rings. The van der Waals surface area contributed by atoms with E-state index in [1.807, 2.05) is 13.0 Å². The number of pyridine rings is 1. The van der Waals surface area contributed by atoms with E-state index in [0.717, 1.165) is 18.5 Å². The van der Waals surface area contributed by atoms with Crippen LogP contribution in [0.5, 0.6) is 0 Å². The van der Waals surface area contributed by atoms with Gasteiger partial charge in [-0.3, -0.25) is 9.78 Å². The van der Waals surface area contributed by atoms with Gasteiger partial charge in [0, 0.05) is 24.5 Å². The summed E-state index contributed by atoms with van der Waals surface area (Å²) in [5.41, 5.74) is 1.50. The van der Waals surface area contributed by atoms with E-state index in [1.54, 1.807) is 17.2 Å². The number of aromatic nitrogens is 1. The van der Waals surface area contributed by atoms with Gasteiger partial charge in [0.2, 0.25) is 0 Å². The Hall–Kier alpha value is -1.42. The summed E-state index contributed by atoms with van der Waals surface area (Å²) in [5.74, 6) is -0.0240. The van der Waals surface area contributed by atoms with Crippen LogP contribution in [0, 0.1) is 6.92 Å². The number of carbonyl (C=O) groups excluding carboxylic acids is 1. The van der Waals surface area contributed by atoms with Crippen LogP contribution in [0.25, 0.3) is 0 Å². The molecular weight excluding hydrogens is 204 g/mol. The maximum absolute atomic E-state index is 12.1. The largest absolute Gasteiger partial charge is 0.395 e. The van der Waals surface area contributed by atoms with Crippen LogP contribution in [0.2, 0.25) is 0 Å². The molecule has 0 bridgehead atoms. The molecule has 0 aromatic carbocycles. The van der Waals surface area contributed by atoms with Gasteiger partial charge in [-0.1, -0.05) is 0 Å². The molecule has 4 nitrogen and oxygen atoms in total. The summed E-state index contributed by atoms with van der Waals surface area (Å²) >= 11 is 0. The Morgan fingerprint density at radius 1 is 1.56 bits per heavy atom. The number of amides is 1. The highest BCUT2D eigenvalue weighted by Crippen LogP contribution is 2.27. The van der Waals surface area contributed by atoms with Gasteiger partial charge in [-0.05, 0) is 31.9 Å². The summed E-state index contributed by atoms with van der Waals surface area (Å²) in [6, 6.07) is 3.94. The van der Waals surface area contributed by atoms with Gasteiger partial charge in [-0.15, -0.1) is 0 Å². The van der Waals surface area contributed by atoms with Crippen LogP contribution >= 0.6 is 0 Å². The van der Waals surface area contributed by atoms with Crippen LogP contribution in [-0.2, 0) is 0 Å². The highest BCUT2D eigenvalue weighted by molar-refractivity contribution is 5.94. The third-order valence-electron chi connectivity index (χ3n) is 2.75. The lowest BCUT2D eigenvalue weighted by Crippen LogP contribution is -2.35. The van der Waals surface area contributed by atoms with Crippen molar-refractivity contribution in [2.45, 2.75) is 25.8 Å². The topological polar surface area (TPSA) is 53.4 Å². The molecule has 1 saturated carbocycles. The fraction of sp³-hybridized carbons (Fsp3) is 0.500. The highest BCUT2D eigenvalue weighted by Gasteiger charge is 2.32. The molecule has 1 heterocycles. The van der Waals surface area contributed by atoms with Gasteiger partial charge in [-0.2, -0.15) is 0 Å². The van der Waals surface area contributed by atoms with Gasteiger partial charge in [-0.25, -0.2) is 0 Å². The van der Waals surface area contributed by atoms with Crippen LogP contribution in [0.1, 0.15) is 28.9 Å². The molecular formula is C12H16N2O2. The summed E-state index contributed by atoms with van der Waals surface area (Å²) in [6.07, 6.45) is 3.69. The maximum atomic E-state index is 12.1. The van der Waals surface area contributed by atoms with Gasteiger partial charge in [0.05, 0.1) is 12.2 Å². The van der Waals surface area contributed by atoms with E-state index in [1.165, 1.54) is 0 Å². The van der Waals surface area contributed by atoms with Crippen molar-refractivity contribution in [2.75, 3.05) is 13.2 Å². The smallest absolute Gasteiger partial charge is 0.255 e. The summed E-state index contributed by atoms with van der Waals surface area (Å²) in [6.45, 7) is 2.32. The van der Waals surface area contributed by atoms with Crippen molar-refractivity contribution in [3.63, 3.8) is 0 Å². The molecule has 1 N–H and O–H groups in total. The molecule has 0 radical (unpaired) electrons. The van der Waals surface area contributed by atoms with Gasteiger partial charge in [0.1, 0.15) is 0 Å². The fourth-order valence-corrected chi connectivity index (χ4v) is 1.70. The van der Waals surface area contributed by atoms with Crippen LogP contribution in [-0.4, -0.2) is 40.1 Å². The minimum Gasteiger partial charge on any atom is -0.395 e. The van der Waals surface area contributed by atoms with Crippen molar-refractivity contribution in [1.82, 2.24) is 9.88 Å². The number of rotatable bonds is 4. The predicted molar refractivity (Wildman–Crippen MR) is 60.1 cm³/mol. The van der Waals surface area contributed by atoms with Crippen molar-refractivity contribution >= 4 is 5.91 Å². The van der Waals surface area contributed by atoms with Gasteiger partial charge in [0.15, 0.2) is 0 Å². The fourth-order valence-electron chi connectivity index (χ4n) is 1.70. The Balaban J connectivity index is 2.12. The van der Waals surface area contributed by atoms with E-state index in [2.05, 4.69) is 4.98 Å².